The minimum atomic E-state index is 0. The van der Waals surface area contributed by atoms with Gasteiger partial charge in [0.2, 0.25) is 0 Å². The van der Waals surface area contributed by atoms with Gasteiger partial charge in [-0.25, -0.2) is 0 Å². The molecule has 3 aromatic rings. The topological polar surface area (TPSA) is 12.0 Å². The van der Waals surface area contributed by atoms with Crippen molar-refractivity contribution in [1.29, 1.82) is 0 Å². The van der Waals surface area contributed by atoms with E-state index in [1.54, 1.807) is 0 Å². The summed E-state index contributed by atoms with van der Waals surface area (Å²) in [5.41, 5.74) is 2.81. The van der Waals surface area contributed by atoms with Crippen molar-refractivity contribution in [3.8, 4) is 0 Å². The Morgan fingerprint density at radius 3 is 1.74 bits per heavy atom. The van der Waals surface area contributed by atoms with Crippen LogP contribution in [0.25, 0.3) is 0 Å². The zero-order chi connectivity index (χ0) is 17.9. The van der Waals surface area contributed by atoms with Crippen LogP contribution >= 0.6 is 24.2 Å². The van der Waals surface area contributed by atoms with Crippen molar-refractivity contribution < 1.29 is 0 Å². The summed E-state index contributed by atoms with van der Waals surface area (Å²) in [7, 11) is 0. The van der Waals surface area contributed by atoms with E-state index in [1.807, 2.05) is 11.8 Å². The van der Waals surface area contributed by atoms with Gasteiger partial charge in [0.25, 0.3) is 0 Å². The molecule has 142 valence electrons. The lowest BCUT2D eigenvalue weighted by Crippen LogP contribution is -2.19. The van der Waals surface area contributed by atoms with Gasteiger partial charge in [0.1, 0.15) is 0 Å². The molecule has 0 unspecified atom stereocenters. The van der Waals surface area contributed by atoms with Crippen LogP contribution in [-0.4, -0.2) is 18.8 Å². The van der Waals surface area contributed by atoms with Gasteiger partial charge >= 0.3 is 0 Å². The summed E-state index contributed by atoms with van der Waals surface area (Å²) in [4.78, 5) is 1.36. The summed E-state index contributed by atoms with van der Waals surface area (Å²) < 4.78 is 0. The molecule has 0 aliphatic carbocycles. The average Bonchev–Trinajstić information content (AvgIpc) is 2.72. The number of benzene rings is 3. The first-order valence-corrected chi connectivity index (χ1v) is 10.4. The zero-order valence-electron chi connectivity index (χ0n) is 15.6. The lowest BCUT2D eigenvalue weighted by Gasteiger charge is -2.18. The van der Waals surface area contributed by atoms with Gasteiger partial charge in [0.05, 0.1) is 0 Å². The van der Waals surface area contributed by atoms with Crippen LogP contribution in [0.15, 0.2) is 95.9 Å². The first kappa shape index (κ1) is 21.6. The van der Waals surface area contributed by atoms with Crippen LogP contribution in [0.2, 0.25) is 0 Å². The SMILES string of the molecule is Cl.c1ccc(SCCCNCCC(c2ccccc2)c2ccccc2)cc1. The van der Waals surface area contributed by atoms with Gasteiger partial charge < -0.3 is 5.32 Å². The fraction of sp³-hybridized carbons (Fsp3) is 0.250. The number of hydrogen-bond donors (Lipinski definition) is 1. The average molecular weight is 398 g/mol. The number of halogens is 1. The predicted molar refractivity (Wildman–Crippen MR) is 121 cm³/mol. The van der Waals surface area contributed by atoms with Gasteiger partial charge in [0, 0.05) is 10.8 Å². The van der Waals surface area contributed by atoms with Crippen molar-refractivity contribution in [2.75, 3.05) is 18.8 Å². The van der Waals surface area contributed by atoms with Gasteiger partial charge in [-0.15, -0.1) is 24.2 Å². The van der Waals surface area contributed by atoms with Gasteiger partial charge in [0.15, 0.2) is 0 Å². The van der Waals surface area contributed by atoms with Crippen LogP contribution in [-0.2, 0) is 0 Å². The monoisotopic (exact) mass is 397 g/mol. The van der Waals surface area contributed by atoms with Gasteiger partial charge in [-0.1, -0.05) is 78.9 Å². The van der Waals surface area contributed by atoms with E-state index in [9.17, 15) is 0 Å². The third-order valence-electron chi connectivity index (χ3n) is 4.52. The van der Waals surface area contributed by atoms with Crippen LogP contribution in [0.5, 0.6) is 0 Å². The summed E-state index contributed by atoms with van der Waals surface area (Å²) >= 11 is 1.94. The first-order valence-electron chi connectivity index (χ1n) is 9.42. The molecule has 1 nitrogen and oxygen atoms in total. The fourth-order valence-electron chi connectivity index (χ4n) is 3.17. The highest BCUT2D eigenvalue weighted by atomic mass is 35.5. The Morgan fingerprint density at radius 2 is 1.19 bits per heavy atom. The van der Waals surface area contributed by atoms with Gasteiger partial charge in [-0.05, 0) is 54.9 Å². The minimum absolute atomic E-state index is 0. The molecule has 0 aromatic heterocycles. The Kier molecular flexibility index (Phi) is 10.1. The van der Waals surface area contributed by atoms with Crippen molar-refractivity contribution in [1.82, 2.24) is 5.32 Å². The standard InChI is InChI=1S/C24H27NS.ClH/c1-4-11-21(12-5-1)24(22-13-6-2-7-14-22)17-19-25-18-10-20-26-23-15-8-3-9-16-23;/h1-9,11-16,24-25H,10,17-20H2;1H. The Hall–Kier alpha value is -1.74. The van der Waals surface area contributed by atoms with Crippen molar-refractivity contribution in [3.63, 3.8) is 0 Å². The summed E-state index contributed by atoms with van der Waals surface area (Å²) in [6.07, 6.45) is 2.32. The van der Waals surface area contributed by atoms with Crippen LogP contribution < -0.4 is 5.32 Å². The normalized spacial score (nSPS) is 10.6. The van der Waals surface area contributed by atoms with Crippen LogP contribution in [0.4, 0.5) is 0 Å². The summed E-state index contributed by atoms with van der Waals surface area (Å²) in [6, 6.07) is 32.4. The Bertz CT molecular complexity index is 695. The maximum atomic E-state index is 3.63. The molecule has 0 atom stereocenters. The highest BCUT2D eigenvalue weighted by Gasteiger charge is 2.13. The molecule has 27 heavy (non-hydrogen) atoms. The second-order valence-electron chi connectivity index (χ2n) is 6.43. The second-order valence-corrected chi connectivity index (χ2v) is 7.60. The molecule has 0 amide bonds. The number of nitrogens with one attached hydrogen (secondary N) is 1. The predicted octanol–water partition coefficient (Wildman–Crippen LogP) is 6.40. The van der Waals surface area contributed by atoms with E-state index in [4.69, 9.17) is 0 Å². The molecule has 3 aromatic carbocycles. The largest absolute Gasteiger partial charge is 0.317 e. The lowest BCUT2D eigenvalue weighted by molar-refractivity contribution is 0.608. The van der Waals surface area contributed by atoms with E-state index in [0.29, 0.717) is 5.92 Å². The molecule has 0 fully saturated rings. The third kappa shape index (κ3) is 7.42. The number of hydrogen-bond acceptors (Lipinski definition) is 2. The highest BCUT2D eigenvalue weighted by Crippen LogP contribution is 2.27. The smallest absolute Gasteiger partial charge is 0.0101 e. The second kappa shape index (κ2) is 12.6. The summed E-state index contributed by atoms with van der Waals surface area (Å²) in [5, 5.41) is 3.63. The number of thioether (sulfide) groups is 1. The minimum Gasteiger partial charge on any atom is -0.317 e. The van der Waals surface area contributed by atoms with Crippen molar-refractivity contribution in [2.45, 2.75) is 23.7 Å². The number of rotatable bonds is 10. The van der Waals surface area contributed by atoms with Crippen LogP contribution in [0, 0.1) is 0 Å². The molecule has 0 radical (unpaired) electrons. The fourth-order valence-corrected chi connectivity index (χ4v) is 4.05. The molecule has 0 saturated carbocycles. The van der Waals surface area contributed by atoms with Gasteiger partial charge in [-0.2, -0.15) is 0 Å². The molecule has 0 aliphatic rings. The molecule has 0 saturated heterocycles. The van der Waals surface area contributed by atoms with E-state index in [2.05, 4.69) is 96.3 Å². The Balaban J connectivity index is 0.00000261. The quantitative estimate of drug-likeness (QED) is 0.313. The molecule has 3 rings (SSSR count). The van der Waals surface area contributed by atoms with E-state index in [-0.39, 0.29) is 12.4 Å². The van der Waals surface area contributed by atoms with E-state index < -0.39 is 0 Å². The summed E-state index contributed by atoms with van der Waals surface area (Å²) in [6.45, 7) is 2.13. The molecular formula is C24H28ClNS. The summed E-state index contributed by atoms with van der Waals surface area (Å²) in [5.74, 6) is 1.63. The molecule has 0 aliphatic heterocycles. The Labute approximate surface area is 174 Å². The van der Waals surface area contributed by atoms with E-state index >= 15 is 0 Å². The van der Waals surface area contributed by atoms with E-state index in [1.165, 1.54) is 22.4 Å². The Morgan fingerprint density at radius 1 is 0.667 bits per heavy atom. The lowest BCUT2D eigenvalue weighted by atomic mass is 9.88. The van der Waals surface area contributed by atoms with Crippen molar-refractivity contribution in [3.05, 3.63) is 102 Å². The zero-order valence-corrected chi connectivity index (χ0v) is 17.2. The molecular weight excluding hydrogens is 370 g/mol. The van der Waals surface area contributed by atoms with Crippen LogP contribution in [0.3, 0.4) is 0 Å². The third-order valence-corrected chi connectivity index (χ3v) is 5.62. The molecule has 1 N–H and O–H groups in total. The van der Waals surface area contributed by atoms with Gasteiger partial charge in [-0.3, -0.25) is 0 Å². The van der Waals surface area contributed by atoms with Crippen molar-refractivity contribution >= 4 is 24.2 Å². The highest BCUT2D eigenvalue weighted by molar-refractivity contribution is 7.99. The first-order chi connectivity index (χ1) is 12.9. The molecule has 3 heteroatoms. The van der Waals surface area contributed by atoms with Crippen LogP contribution in [0.1, 0.15) is 29.9 Å². The maximum absolute atomic E-state index is 3.63. The molecule has 0 spiro atoms. The molecule has 0 heterocycles. The van der Waals surface area contributed by atoms with E-state index in [0.717, 1.165) is 25.3 Å². The van der Waals surface area contributed by atoms with Crippen molar-refractivity contribution in [2.24, 2.45) is 0 Å². The maximum Gasteiger partial charge on any atom is 0.0101 e. The molecule has 0 bridgehead atoms.